The van der Waals surface area contributed by atoms with Crippen LogP contribution in [0, 0.1) is 11.6 Å². The van der Waals surface area contributed by atoms with E-state index in [9.17, 15) is 13.6 Å². The Morgan fingerprint density at radius 1 is 1.32 bits per heavy atom. The quantitative estimate of drug-likeness (QED) is 0.850. The van der Waals surface area contributed by atoms with Gasteiger partial charge >= 0.3 is 0 Å². The van der Waals surface area contributed by atoms with E-state index in [0.29, 0.717) is 30.8 Å². The van der Waals surface area contributed by atoms with Crippen molar-refractivity contribution in [2.75, 3.05) is 18.8 Å². The van der Waals surface area contributed by atoms with E-state index in [-0.39, 0.29) is 16.9 Å². The van der Waals surface area contributed by atoms with E-state index in [1.807, 2.05) is 0 Å². The zero-order chi connectivity index (χ0) is 15.5. The van der Waals surface area contributed by atoms with E-state index in [4.69, 9.17) is 4.52 Å². The van der Waals surface area contributed by atoms with Gasteiger partial charge < -0.3 is 9.42 Å². The Hall–Kier alpha value is -1.89. The van der Waals surface area contributed by atoms with Gasteiger partial charge in [-0.1, -0.05) is 5.16 Å². The Morgan fingerprint density at radius 2 is 2.18 bits per heavy atom. The van der Waals surface area contributed by atoms with Crippen LogP contribution in [0.5, 0.6) is 0 Å². The summed E-state index contributed by atoms with van der Waals surface area (Å²) >= 11 is 1.53. The van der Waals surface area contributed by atoms with Crippen LogP contribution in [0.15, 0.2) is 35.0 Å². The summed E-state index contributed by atoms with van der Waals surface area (Å²) in [4.78, 5) is 13.9. The van der Waals surface area contributed by atoms with Crippen molar-refractivity contribution in [3.63, 3.8) is 0 Å². The van der Waals surface area contributed by atoms with Gasteiger partial charge in [0.15, 0.2) is 0 Å². The standard InChI is InChI=1S/C15H14F2N2O2S/c16-10-1-2-12(17)11(9-10)14-4-6-19(7-8-22-14)15(20)13-3-5-18-21-13/h1-3,5,9,14H,4,6-8H2/t14-/m1/s1. The van der Waals surface area contributed by atoms with Gasteiger partial charge in [0, 0.05) is 35.7 Å². The first-order valence-corrected chi connectivity index (χ1v) is 7.96. The topological polar surface area (TPSA) is 46.3 Å². The molecule has 0 radical (unpaired) electrons. The lowest BCUT2D eigenvalue weighted by molar-refractivity contribution is 0.0724. The van der Waals surface area contributed by atoms with Gasteiger partial charge in [0.2, 0.25) is 5.76 Å². The molecule has 0 saturated carbocycles. The summed E-state index contributed by atoms with van der Waals surface area (Å²) in [6, 6.07) is 5.01. The van der Waals surface area contributed by atoms with Crippen molar-refractivity contribution in [1.29, 1.82) is 0 Å². The lowest BCUT2D eigenvalue weighted by Gasteiger charge is -2.18. The first-order valence-electron chi connectivity index (χ1n) is 6.91. The van der Waals surface area contributed by atoms with E-state index in [2.05, 4.69) is 5.16 Å². The number of carbonyl (C=O) groups is 1. The number of benzene rings is 1. The average molecular weight is 324 g/mol. The highest BCUT2D eigenvalue weighted by molar-refractivity contribution is 7.99. The van der Waals surface area contributed by atoms with Crippen LogP contribution in [0.3, 0.4) is 0 Å². The number of amides is 1. The molecule has 0 N–H and O–H groups in total. The Morgan fingerprint density at radius 3 is 2.95 bits per heavy atom. The summed E-state index contributed by atoms with van der Waals surface area (Å²) in [5, 5.41) is 3.36. The van der Waals surface area contributed by atoms with Crippen LogP contribution in [0.1, 0.15) is 27.8 Å². The van der Waals surface area contributed by atoms with E-state index >= 15 is 0 Å². The second kappa shape index (κ2) is 6.48. The number of hydrogen-bond donors (Lipinski definition) is 0. The second-order valence-electron chi connectivity index (χ2n) is 4.98. The molecule has 1 atom stereocenters. The van der Waals surface area contributed by atoms with Crippen LogP contribution in [0.25, 0.3) is 0 Å². The van der Waals surface area contributed by atoms with Crippen molar-refractivity contribution < 1.29 is 18.1 Å². The fourth-order valence-corrected chi connectivity index (χ4v) is 3.71. The van der Waals surface area contributed by atoms with Crippen LogP contribution >= 0.6 is 11.8 Å². The fourth-order valence-electron chi connectivity index (χ4n) is 2.47. The first kappa shape index (κ1) is 15.0. The van der Waals surface area contributed by atoms with Gasteiger partial charge in [-0.25, -0.2) is 8.78 Å². The van der Waals surface area contributed by atoms with Gasteiger partial charge in [0.25, 0.3) is 5.91 Å². The zero-order valence-corrected chi connectivity index (χ0v) is 12.5. The molecule has 0 aliphatic carbocycles. The van der Waals surface area contributed by atoms with E-state index in [0.717, 1.165) is 12.1 Å². The highest BCUT2D eigenvalue weighted by atomic mass is 32.2. The largest absolute Gasteiger partial charge is 0.351 e. The monoisotopic (exact) mass is 324 g/mol. The SMILES string of the molecule is O=C(c1ccno1)N1CCS[C@@H](c2cc(F)ccc2F)CC1. The van der Waals surface area contributed by atoms with Crippen molar-refractivity contribution in [2.45, 2.75) is 11.7 Å². The first-order chi connectivity index (χ1) is 10.6. The number of nitrogens with zero attached hydrogens (tertiary/aromatic N) is 2. The molecule has 1 aliphatic heterocycles. The summed E-state index contributed by atoms with van der Waals surface area (Å²) in [6.07, 6.45) is 1.98. The number of thioether (sulfide) groups is 1. The minimum atomic E-state index is -0.448. The van der Waals surface area contributed by atoms with Crippen molar-refractivity contribution in [3.8, 4) is 0 Å². The molecule has 22 heavy (non-hydrogen) atoms. The minimum Gasteiger partial charge on any atom is -0.351 e. The van der Waals surface area contributed by atoms with Gasteiger partial charge in [0.05, 0.1) is 6.20 Å². The van der Waals surface area contributed by atoms with Gasteiger partial charge in [-0.15, -0.1) is 0 Å². The summed E-state index contributed by atoms with van der Waals surface area (Å²) in [5.74, 6) is -0.232. The predicted molar refractivity (Wildman–Crippen MR) is 78.6 cm³/mol. The van der Waals surface area contributed by atoms with Crippen LogP contribution in [-0.4, -0.2) is 34.8 Å². The summed E-state index contributed by atoms with van der Waals surface area (Å²) in [7, 11) is 0. The lowest BCUT2D eigenvalue weighted by atomic mass is 10.1. The zero-order valence-electron chi connectivity index (χ0n) is 11.7. The maximum atomic E-state index is 13.9. The number of aromatic nitrogens is 1. The third-order valence-electron chi connectivity index (χ3n) is 3.58. The van der Waals surface area contributed by atoms with Crippen LogP contribution in [-0.2, 0) is 0 Å². The van der Waals surface area contributed by atoms with E-state index in [1.54, 1.807) is 4.90 Å². The number of carbonyl (C=O) groups excluding carboxylic acids is 1. The molecule has 0 bridgehead atoms. The van der Waals surface area contributed by atoms with Gasteiger partial charge in [-0.2, -0.15) is 11.8 Å². The Labute approximate surface area is 130 Å². The summed E-state index contributed by atoms with van der Waals surface area (Å²) in [5.41, 5.74) is 0.360. The molecule has 1 aromatic carbocycles. The minimum absolute atomic E-state index is 0.164. The van der Waals surface area contributed by atoms with E-state index < -0.39 is 11.6 Å². The molecular weight excluding hydrogens is 310 g/mol. The van der Waals surface area contributed by atoms with Crippen LogP contribution < -0.4 is 0 Å². The Balaban J connectivity index is 1.72. The highest BCUT2D eigenvalue weighted by Gasteiger charge is 2.26. The Bertz CT molecular complexity index is 664. The molecule has 1 amide bonds. The van der Waals surface area contributed by atoms with Crippen LogP contribution in [0.4, 0.5) is 8.78 Å². The van der Waals surface area contributed by atoms with Crippen LogP contribution in [0.2, 0.25) is 0 Å². The van der Waals surface area contributed by atoms with Crippen molar-refractivity contribution in [1.82, 2.24) is 10.1 Å². The molecule has 2 aromatic rings. The van der Waals surface area contributed by atoms with Gasteiger partial charge in [-0.05, 0) is 24.6 Å². The summed E-state index contributed by atoms with van der Waals surface area (Å²) in [6.45, 7) is 1.00. The number of hydrogen-bond acceptors (Lipinski definition) is 4. The van der Waals surface area contributed by atoms with Gasteiger partial charge in [-0.3, -0.25) is 4.79 Å². The third kappa shape index (κ3) is 3.14. The van der Waals surface area contributed by atoms with E-state index in [1.165, 1.54) is 30.1 Å². The smallest absolute Gasteiger partial charge is 0.292 e. The maximum absolute atomic E-state index is 13.9. The van der Waals surface area contributed by atoms with Gasteiger partial charge in [0.1, 0.15) is 11.6 Å². The molecule has 4 nitrogen and oxygen atoms in total. The molecule has 1 aliphatic rings. The maximum Gasteiger partial charge on any atom is 0.292 e. The molecule has 1 saturated heterocycles. The molecule has 2 heterocycles. The fraction of sp³-hybridized carbons (Fsp3) is 0.333. The lowest BCUT2D eigenvalue weighted by Crippen LogP contribution is -2.32. The Kier molecular flexibility index (Phi) is 4.42. The molecular formula is C15H14F2N2O2S. The molecule has 7 heteroatoms. The molecule has 0 unspecified atom stereocenters. The predicted octanol–water partition coefficient (Wildman–Crippen LogP) is 3.27. The molecule has 1 aromatic heterocycles. The normalized spacial score (nSPS) is 19.0. The molecule has 116 valence electrons. The highest BCUT2D eigenvalue weighted by Crippen LogP contribution is 2.36. The van der Waals surface area contributed by atoms with Crippen molar-refractivity contribution in [3.05, 3.63) is 53.4 Å². The average Bonchev–Trinajstić information content (AvgIpc) is 2.94. The van der Waals surface area contributed by atoms with Crippen molar-refractivity contribution >= 4 is 17.7 Å². The second-order valence-corrected chi connectivity index (χ2v) is 6.29. The molecule has 0 spiro atoms. The molecule has 1 fully saturated rings. The van der Waals surface area contributed by atoms with Crippen molar-refractivity contribution in [2.24, 2.45) is 0 Å². The summed E-state index contributed by atoms with van der Waals surface area (Å²) < 4.78 is 32.1. The third-order valence-corrected chi connectivity index (χ3v) is 4.89. The number of halogens is 2. The number of rotatable bonds is 2. The molecule has 3 rings (SSSR count).